The van der Waals surface area contributed by atoms with E-state index in [-0.39, 0.29) is 23.1 Å². The summed E-state index contributed by atoms with van der Waals surface area (Å²) in [6.45, 7) is 6.09. The lowest BCUT2D eigenvalue weighted by atomic mass is 10.0. The van der Waals surface area contributed by atoms with E-state index >= 15 is 0 Å². The van der Waals surface area contributed by atoms with Gasteiger partial charge in [0.15, 0.2) is 17.2 Å². The van der Waals surface area contributed by atoms with E-state index in [1.165, 1.54) is 18.9 Å². The Bertz CT molecular complexity index is 1160. The number of rotatable bonds is 8. The van der Waals surface area contributed by atoms with E-state index in [9.17, 15) is 9.59 Å². The Morgan fingerprint density at radius 1 is 1.06 bits per heavy atom. The number of para-hydroxylation sites is 1. The maximum absolute atomic E-state index is 12.9. The molecule has 0 aliphatic carbocycles. The van der Waals surface area contributed by atoms with Crippen molar-refractivity contribution in [2.75, 3.05) is 20.8 Å². The van der Waals surface area contributed by atoms with Crippen LogP contribution in [0.25, 0.3) is 16.9 Å². The van der Waals surface area contributed by atoms with Crippen LogP contribution >= 0.6 is 15.9 Å². The summed E-state index contributed by atoms with van der Waals surface area (Å²) < 4.78 is 23.7. The van der Waals surface area contributed by atoms with Crippen molar-refractivity contribution in [3.8, 4) is 28.4 Å². The van der Waals surface area contributed by atoms with Crippen LogP contribution in [0, 0.1) is 0 Å². The number of hydrogen-bond acceptors (Lipinski definition) is 7. The molecular formula is C24H25BrN2O6. The van der Waals surface area contributed by atoms with Gasteiger partial charge in [-0.05, 0) is 61.0 Å². The van der Waals surface area contributed by atoms with Gasteiger partial charge >= 0.3 is 11.9 Å². The third kappa shape index (κ3) is 5.03. The highest BCUT2D eigenvalue weighted by Crippen LogP contribution is 2.41. The predicted molar refractivity (Wildman–Crippen MR) is 126 cm³/mol. The number of hydrogen-bond donors (Lipinski definition) is 0. The van der Waals surface area contributed by atoms with Crippen LogP contribution in [0.4, 0.5) is 0 Å². The molecule has 1 heterocycles. The molecule has 0 saturated heterocycles. The van der Waals surface area contributed by atoms with Gasteiger partial charge in [0.1, 0.15) is 11.3 Å². The summed E-state index contributed by atoms with van der Waals surface area (Å²) in [6.07, 6.45) is -0.0831. The molecule has 9 heteroatoms. The first-order valence-electron chi connectivity index (χ1n) is 10.3. The number of carbonyl (C=O) groups is 2. The topological polar surface area (TPSA) is 88.9 Å². The lowest BCUT2D eigenvalue weighted by Crippen LogP contribution is -2.15. The van der Waals surface area contributed by atoms with Crippen LogP contribution in [0.3, 0.4) is 0 Å². The van der Waals surface area contributed by atoms with Crippen LogP contribution in [0.5, 0.6) is 11.5 Å². The van der Waals surface area contributed by atoms with Gasteiger partial charge in [-0.1, -0.05) is 18.2 Å². The lowest BCUT2D eigenvalue weighted by molar-refractivity contribution is 0.0549. The van der Waals surface area contributed by atoms with E-state index in [0.29, 0.717) is 33.8 Å². The van der Waals surface area contributed by atoms with Crippen molar-refractivity contribution in [3.63, 3.8) is 0 Å². The molecule has 8 nitrogen and oxygen atoms in total. The highest BCUT2D eigenvalue weighted by molar-refractivity contribution is 9.10. The summed E-state index contributed by atoms with van der Waals surface area (Å²) in [4.78, 5) is 25.6. The molecule has 174 valence electrons. The van der Waals surface area contributed by atoms with Gasteiger partial charge in [-0.25, -0.2) is 14.3 Å². The van der Waals surface area contributed by atoms with Gasteiger partial charge in [0.25, 0.3) is 0 Å². The molecule has 0 spiro atoms. The Hall–Kier alpha value is -3.33. The van der Waals surface area contributed by atoms with E-state index in [1.54, 1.807) is 36.4 Å². The smallest absolute Gasteiger partial charge is 0.357 e. The summed E-state index contributed by atoms with van der Waals surface area (Å²) in [5.74, 6) is -0.433. The Balaban J connectivity index is 2.34. The minimum Gasteiger partial charge on any atom is -0.490 e. The van der Waals surface area contributed by atoms with Crippen molar-refractivity contribution < 1.29 is 28.5 Å². The van der Waals surface area contributed by atoms with Crippen LogP contribution in [-0.4, -0.2) is 48.6 Å². The average molecular weight is 517 g/mol. The fourth-order valence-corrected chi connectivity index (χ4v) is 3.81. The van der Waals surface area contributed by atoms with E-state index in [4.69, 9.17) is 18.9 Å². The molecule has 33 heavy (non-hydrogen) atoms. The third-order valence-electron chi connectivity index (χ3n) is 4.59. The first-order chi connectivity index (χ1) is 15.8. The van der Waals surface area contributed by atoms with Crippen LogP contribution in [0.1, 0.15) is 41.6 Å². The van der Waals surface area contributed by atoms with Crippen LogP contribution in [-0.2, 0) is 9.47 Å². The number of ether oxygens (including phenoxy) is 4. The Morgan fingerprint density at radius 2 is 1.73 bits per heavy atom. The highest BCUT2D eigenvalue weighted by atomic mass is 79.9. The minimum atomic E-state index is -0.720. The van der Waals surface area contributed by atoms with Gasteiger partial charge in [-0.15, -0.1) is 0 Å². The molecule has 0 saturated carbocycles. The van der Waals surface area contributed by atoms with E-state index in [2.05, 4.69) is 21.0 Å². The largest absolute Gasteiger partial charge is 0.490 e. The molecule has 3 rings (SSSR count). The number of nitrogens with zero attached hydrogens (tertiary/aromatic N) is 2. The van der Waals surface area contributed by atoms with Crippen molar-refractivity contribution >= 4 is 27.9 Å². The van der Waals surface area contributed by atoms with Gasteiger partial charge in [0, 0.05) is 5.56 Å². The number of esters is 2. The molecule has 0 aliphatic heterocycles. The fraction of sp³-hybridized carbons (Fsp3) is 0.292. The molecule has 1 aromatic heterocycles. The second-order valence-electron chi connectivity index (χ2n) is 7.19. The van der Waals surface area contributed by atoms with E-state index in [0.717, 1.165) is 0 Å². The van der Waals surface area contributed by atoms with Crippen molar-refractivity contribution in [1.29, 1.82) is 0 Å². The van der Waals surface area contributed by atoms with E-state index < -0.39 is 11.9 Å². The van der Waals surface area contributed by atoms with Gasteiger partial charge in [-0.3, -0.25) is 0 Å². The molecule has 0 atom stereocenters. The first-order valence-corrected chi connectivity index (χ1v) is 11.1. The maximum Gasteiger partial charge on any atom is 0.357 e. The molecule has 0 unspecified atom stereocenters. The number of halogens is 1. The number of carbonyl (C=O) groups excluding carboxylic acids is 2. The highest BCUT2D eigenvalue weighted by Gasteiger charge is 2.32. The molecule has 0 aliphatic rings. The molecular weight excluding hydrogens is 492 g/mol. The molecule has 0 N–H and O–H groups in total. The molecule has 0 bridgehead atoms. The Kier molecular flexibility index (Phi) is 7.75. The second kappa shape index (κ2) is 10.5. The zero-order chi connectivity index (χ0) is 24.1. The SMILES string of the molecule is CCOc1cc(-c2nn(-c3ccccc3)c(C(=O)OC)c2C(=O)OC)cc(Br)c1OC(C)C. The average Bonchev–Trinajstić information content (AvgIpc) is 3.21. The van der Waals surface area contributed by atoms with Gasteiger partial charge in [0.2, 0.25) is 0 Å². The standard InChI is InChI=1S/C24H25BrN2O6/c1-6-32-18-13-15(12-17(25)22(18)33-14(2)3)20-19(23(28)30-4)21(24(29)31-5)27(26-20)16-10-8-7-9-11-16/h7-14H,6H2,1-5H3. The number of benzene rings is 2. The predicted octanol–water partition coefficient (Wildman–Crippen LogP) is 5.06. The molecule has 0 radical (unpaired) electrons. The minimum absolute atomic E-state index is 0.0138. The molecule has 3 aromatic rings. The van der Waals surface area contributed by atoms with Gasteiger partial charge in [0.05, 0.1) is 37.1 Å². The van der Waals surface area contributed by atoms with Gasteiger partial charge in [-0.2, -0.15) is 5.10 Å². The normalized spacial score (nSPS) is 10.8. The maximum atomic E-state index is 12.9. The number of aromatic nitrogens is 2. The molecule has 0 amide bonds. The zero-order valence-corrected chi connectivity index (χ0v) is 20.6. The zero-order valence-electron chi connectivity index (χ0n) is 19.0. The summed E-state index contributed by atoms with van der Waals surface area (Å²) in [7, 11) is 2.49. The van der Waals surface area contributed by atoms with Crippen LogP contribution in [0.2, 0.25) is 0 Å². The lowest BCUT2D eigenvalue weighted by Gasteiger charge is -2.17. The third-order valence-corrected chi connectivity index (χ3v) is 5.18. The van der Waals surface area contributed by atoms with E-state index in [1.807, 2.05) is 26.8 Å². The Labute approximate surface area is 200 Å². The fourth-order valence-electron chi connectivity index (χ4n) is 3.27. The van der Waals surface area contributed by atoms with Crippen molar-refractivity contribution in [2.24, 2.45) is 0 Å². The van der Waals surface area contributed by atoms with Gasteiger partial charge < -0.3 is 18.9 Å². The van der Waals surface area contributed by atoms with Crippen molar-refractivity contribution in [1.82, 2.24) is 9.78 Å². The first kappa shape index (κ1) is 24.3. The summed E-state index contributed by atoms with van der Waals surface area (Å²) in [6, 6.07) is 12.5. The molecule has 0 fully saturated rings. The van der Waals surface area contributed by atoms with Crippen LogP contribution in [0.15, 0.2) is 46.9 Å². The second-order valence-corrected chi connectivity index (χ2v) is 8.04. The van der Waals surface area contributed by atoms with Crippen molar-refractivity contribution in [2.45, 2.75) is 26.9 Å². The van der Waals surface area contributed by atoms with Crippen LogP contribution < -0.4 is 9.47 Å². The Morgan fingerprint density at radius 3 is 2.30 bits per heavy atom. The summed E-state index contributed by atoms with van der Waals surface area (Å²) >= 11 is 3.54. The summed E-state index contributed by atoms with van der Waals surface area (Å²) in [5.41, 5.74) is 1.30. The number of methoxy groups -OCH3 is 2. The monoisotopic (exact) mass is 516 g/mol. The molecule has 2 aromatic carbocycles. The summed E-state index contributed by atoms with van der Waals surface area (Å²) in [5, 5.41) is 4.62. The quantitative estimate of drug-likeness (QED) is 0.386. The van der Waals surface area contributed by atoms with Crippen molar-refractivity contribution in [3.05, 3.63) is 58.2 Å².